The fraction of sp³-hybridized carbons (Fsp3) is 0. The highest BCUT2D eigenvalue weighted by Crippen LogP contribution is 2.15. The highest BCUT2D eigenvalue weighted by Gasteiger charge is 2.10. The lowest BCUT2D eigenvalue weighted by atomic mass is 10.2. The summed E-state index contributed by atoms with van der Waals surface area (Å²) in [6.45, 7) is 3.22. The molecule has 1 aromatic heterocycles. The topological polar surface area (TPSA) is 82.3 Å². The number of hydrogen-bond donors (Lipinski definition) is 0. The van der Waals surface area contributed by atoms with Crippen LogP contribution in [-0.2, 0) is 0 Å². The van der Waals surface area contributed by atoms with E-state index in [0.717, 1.165) is 0 Å². The maximum absolute atomic E-state index is 10.9. The monoisotopic (exact) mass is 256 g/mol. The van der Waals surface area contributed by atoms with Crippen LogP contribution in [0.2, 0.25) is 0 Å². The Balaban J connectivity index is 2.18. The average Bonchev–Trinajstić information content (AvgIpc) is 2.86. The van der Waals surface area contributed by atoms with Crippen LogP contribution in [0, 0.1) is 27.2 Å². The zero-order valence-electron chi connectivity index (χ0n) is 9.70. The molecule has 94 valence electrons. The van der Waals surface area contributed by atoms with Crippen molar-refractivity contribution in [1.29, 1.82) is 0 Å². The Kier molecular flexibility index (Phi) is 3.30. The van der Waals surface area contributed by atoms with E-state index in [1.807, 2.05) is 0 Å². The Hall–Kier alpha value is -3.07. The molecule has 0 unspecified atom stereocenters. The Bertz CT molecular complexity index is 689. The second-order valence-corrected chi connectivity index (χ2v) is 3.61. The second-order valence-electron chi connectivity index (χ2n) is 3.61. The third-order valence-corrected chi connectivity index (χ3v) is 2.27. The first-order valence-electron chi connectivity index (χ1n) is 5.19. The average molecular weight is 256 g/mol. The molecule has 2 rings (SSSR count). The molecular weight excluding hydrogens is 248 g/mol. The smallest absolute Gasteiger partial charge is 0.434 e. The van der Waals surface area contributed by atoms with Crippen molar-refractivity contribution in [2.75, 3.05) is 0 Å². The molecule has 0 saturated carbocycles. The van der Waals surface area contributed by atoms with E-state index >= 15 is 0 Å². The van der Waals surface area contributed by atoms with Gasteiger partial charge in [-0.2, -0.15) is 4.74 Å². The summed E-state index contributed by atoms with van der Waals surface area (Å²) in [5.74, 6) is 5.19. The third kappa shape index (κ3) is 2.98. The van der Waals surface area contributed by atoms with E-state index in [-0.39, 0.29) is 5.88 Å². The molecule has 0 amide bonds. The van der Waals surface area contributed by atoms with Crippen LogP contribution in [0.1, 0.15) is 11.1 Å². The molecule has 0 atom stereocenters. The number of furan rings is 1. The summed E-state index contributed by atoms with van der Waals surface area (Å²) in [6, 6.07) is 7.74. The molecule has 19 heavy (non-hydrogen) atoms. The predicted octanol–water partition coefficient (Wildman–Crippen LogP) is 2.43. The van der Waals surface area contributed by atoms with Gasteiger partial charge in [0.2, 0.25) is 5.69 Å². The van der Waals surface area contributed by atoms with E-state index in [9.17, 15) is 15.3 Å². The molecule has 0 aliphatic rings. The molecule has 0 spiro atoms. The Labute approximate surface area is 108 Å². The van der Waals surface area contributed by atoms with E-state index in [2.05, 4.69) is 18.6 Å². The van der Waals surface area contributed by atoms with Crippen molar-refractivity contribution in [3.05, 3.63) is 63.0 Å². The molecule has 0 aliphatic carbocycles. The number of benzene rings is 1. The number of rotatable bonds is 2. The molecule has 0 fully saturated rings. The lowest BCUT2D eigenvalue weighted by Crippen LogP contribution is -1.88. The number of nitrogens with zero attached hydrogens (tertiary/aromatic N) is 2. The van der Waals surface area contributed by atoms with Gasteiger partial charge in [0.25, 0.3) is 0 Å². The molecule has 0 N–H and O–H groups in total. The molecule has 1 heterocycles. The lowest BCUT2D eigenvalue weighted by Gasteiger charge is -1.98. The summed E-state index contributed by atoms with van der Waals surface area (Å²) in [7, 11) is 0. The number of nitro groups is 1. The van der Waals surface area contributed by atoms with Gasteiger partial charge in [0, 0.05) is 17.7 Å². The second kappa shape index (κ2) is 5.06. The summed E-state index contributed by atoms with van der Waals surface area (Å²) < 4.78 is 5.20. The maximum atomic E-state index is 10.9. The van der Waals surface area contributed by atoms with Crippen LogP contribution in [-0.4, -0.2) is 16.4 Å². The fourth-order valence-corrected chi connectivity index (χ4v) is 1.34. The molecule has 6 nitrogen and oxygen atoms in total. The normalized spacial score (nSPS) is 9.47. The van der Waals surface area contributed by atoms with E-state index in [1.165, 1.54) is 12.3 Å². The molecule has 0 bridgehead atoms. The van der Waals surface area contributed by atoms with Crippen molar-refractivity contribution in [2.45, 2.75) is 0 Å². The van der Waals surface area contributed by atoms with Crippen molar-refractivity contribution in [2.24, 2.45) is 0 Å². The molecule has 0 radical (unpaired) electrons. The molecule has 0 saturated heterocycles. The fourth-order valence-electron chi connectivity index (χ4n) is 1.34. The van der Waals surface area contributed by atoms with Crippen LogP contribution in [0.15, 0.2) is 41.0 Å². The lowest BCUT2D eigenvalue weighted by molar-refractivity contribution is -0.402. The zero-order valence-corrected chi connectivity index (χ0v) is 9.70. The molecule has 0 aliphatic heterocycles. The summed E-state index contributed by atoms with van der Waals surface area (Å²) in [4.78, 5) is 9.79. The van der Waals surface area contributed by atoms with E-state index in [1.54, 1.807) is 24.3 Å². The molecule has 2 aromatic rings. The van der Waals surface area contributed by atoms with Crippen LogP contribution in [0.3, 0.4) is 0 Å². The first kappa shape index (κ1) is 12.4. The molecule has 6 heteroatoms. The minimum Gasteiger partial charge on any atom is -0.619 e. The van der Waals surface area contributed by atoms with Crippen LogP contribution >= 0.6 is 0 Å². The SMILES string of the molecule is C=[N+]([O-])c1ccc(C#Cc2coc([N+](=O)[O-])c2)cc1. The summed E-state index contributed by atoms with van der Waals surface area (Å²) in [6.07, 6.45) is 1.22. The Morgan fingerprint density at radius 3 is 2.26 bits per heavy atom. The van der Waals surface area contributed by atoms with Gasteiger partial charge in [0.1, 0.15) is 17.9 Å². The third-order valence-electron chi connectivity index (χ3n) is 2.27. The maximum Gasteiger partial charge on any atom is 0.434 e. The largest absolute Gasteiger partial charge is 0.619 e. The van der Waals surface area contributed by atoms with E-state index < -0.39 is 4.92 Å². The minimum absolute atomic E-state index is 0.348. The standard InChI is InChI=1S/C13H8N2O4/c1-14(16)12-6-4-10(5-7-12)2-3-11-8-13(15(17)18)19-9-11/h4-9H,1H2. The van der Waals surface area contributed by atoms with E-state index in [4.69, 9.17) is 4.42 Å². The van der Waals surface area contributed by atoms with Crippen molar-refractivity contribution in [3.63, 3.8) is 0 Å². The van der Waals surface area contributed by atoms with Gasteiger partial charge in [-0.3, -0.25) is 10.1 Å². The first-order valence-corrected chi connectivity index (χ1v) is 5.19. The predicted molar refractivity (Wildman–Crippen MR) is 68.2 cm³/mol. The van der Waals surface area contributed by atoms with Crippen LogP contribution in [0.4, 0.5) is 11.6 Å². The first-order chi connectivity index (χ1) is 9.06. The highest BCUT2D eigenvalue weighted by atomic mass is 16.6. The molecular formula is C13H8N2O4. The summed E-state index contributed by atoms with van der Waals surface area (Å²) >= 11 is 0. The van der Waals surface area contributed by atoms with Crippen LogP contribution in [0.25, 0.3) is 0 Å². The highest BCUT2D eigenvalue weighted by molar-refractivity contribution is 5.46. The van der Waals surface area contributed by atoms with Crippen LogP contribution in [0.5, 0.6) is 0 Å². The van der Waals surface area contributed by atoms with Gasteiger partial charge in [-0.1, -0.05) is 11.8 Å². The summed E-state index contributed by atoms with van der Waals surface area (Å²) in [5.41, 5.74) is 1.51. The van der Waals surface area contributed by atoms with Crippen molar-refractivity contribution in [3.8, 4) is 11.8 Å². The minimum atomic E-state index is -0.628. The number of hydrogen-bond acceptors (Lipinski definition) is 4. The van der Waals surface area contributed by atoms with Gasteiger partial charge in [-0.15, -0.1) is 0 Å². The van der Waals surface area contributed by atoms with Gasteiger partial charge in [-0.05, 0) is 12.1 Å². The molecule has 1 aromatic carbocycles. The van der Waals surface area contributed by atoms with Crippen molar-refractivity contribution in [1.82, 2.24) is 0 Å². The van der Waals surface area contributed by atoms with Gasteiger partial charge in [-0.25, -0.2) is 0 Å². The van der Waals surface area contributed by atoms with Gasteiger partial charge in [0.05, 0.1) is 11.6 Å². The Morgan fingerprint density at radius 2 is 1.74 bits per heavy atom. The van der Waals surface area contributed by atoms with E-state index in [0.29, 0.717) is 21.6 Å². The van der Waals surface area contributed by atoms with Crippen LogP contribution < -0.4 is 0 Å². The van der Waals surface area contributed by atoms with Gasteiger partial charge < -0.3 is 9.62 Å². The van der Waals surface area contributed by atoms with Gasteiger partial charge in [0.15, 0.2) is 0 Å². The van der Waals surface area contributed by atoms with Crippen molar-refractivity contribution >= 4 is 18.3 Å². The quantitative estimate of drug-likeness (QED) is 0.206. The summed E-state index contributed by atoms with van der Waals surface area (Å²) in [5, 5.41) is 21.3. The Morgan fingerprint density at radius 1 is 1.11 bits per heavy atom. The van der Waals surface area contributed by atoms with Crippen molar-refractivity contribution < 1.29 is 14.1 Å². The zero-order chi connectivity index (χ0) is 13.8. The van der Waals surface area contributed by atoms with Gasteiger partial charge >= 0.3 is 5.88 Å².